The fourth-order valence-electron chi connectivity index (χ4n) is 3.01. The Morgan fingerprint density at radius 3 is 2.52 bits per heavy atom. The van der Waals surface area contributed by atoms with Crippen LogP contribution in [0, 0.1) is 13.8 Å². The molecule has 0 saturated heterocycles. The van der Waals surface area contributed by atoms with Crippen LogP contribution in [0.3, 0.4) is 0 Å². The Kier molecular flexibility index (Phi) is 5.07. The first-order chi connectivity index (χ1) is 13.2. The van der Waals surface area contributed by atoms with E-state index in [9.17, 15) is 0 Å². The Hall–Kier alpha value is -2.86. The minimum Gasteiger partial charge on any atom is -0.414 e. The van der Waals surface area contributed by atoms with Crippen LogP contribution in [0.2, 0.25) is 0 Å². The molecule has 0 aliphatic rings. The standard InChI is InChI=1S/C21H20N4OS/c1-15-12-16(2)25(24-15)13-20-22-23-21(26-20)27-14-18-10-6-7-11-19(18)17-8-4-3-5-9-17/h3-12H,13-14H2,1-2H3. The lowest BCUT2D eigenvalue weighted by Gasteiger charge is -2.08. The Morgan fingerprint density at radius 2 is 1.74 bits per heavy atom. The number of aromatic nitrogens is 4. The van der Waals surface area contributed by atoms with Crippen LogP contribution >= 0.6 is 11.8 Å². The molecule has 6 heteroatoms. The molecule has 0 saturated carbocycles. The third kappa shape index (κ3) is 4.11. The first kappa shape index (κ1) is 17.5. The highest BCUT2D eigenvalue weighted by atomic mass is 32.2. The lowest BCUT2D eigenvalue weighted by Crippen LogP contribution is -2.04. The van der Waals surface area contributed by atoms with E-state index in [1.165, 1.54) is 16.7 Å². The molecule has 0 atom stereocenters. The van der Waals surface area contributed by atoms with E-state index in [1.54, 1.807) is 11.8 Å². The summed E-state index contributed by atoms with van der Waals surface area (Å²) in [5.41, 5.74) is 5.75. The van der Waals surface area contributed by atoms with Crippen molar-refractivity contribution < 1.29 is 4.42 Å². The van der Waals surface area contributed by atoms with E-state index < -0.39 is 0 Å². The van der Waals surface area contributed by atoms with E-state index >= 15 is 0 Å². The minimum absolute atomic E-state index is 0.494. The Labute approximate surface area is 162 Å². The van der Waals surface area contributed by atoms with Crippen molar-refractivity contribution in [1.82, 2.24) is 20.0 Å². The molecule has 0 aliphatic heterocycles. The number of benzene rings is 2. The summed E-state index contributed by atoms with van der Waals surface area (Å²) in [6, 6.07) is 20.8. The largest absolute Gasteiger partial charge is 0.414 e. The number of rotatable bonds is 6. The normalized spacial score (nSPS) is 11.0. The molecule has 136 valence electrons. The molecule has 0 radical (unpaired) electrons. The molecule has 0 aliphatic carbocycles. The van der Waals surface area contributed by atoms with Crippen LogP contribution in [0.15, 0.2) is 70.3 Å². The molecular formula is C21H20N4OS. The predicted molar refractivity (Wildman–Crippen MR) is 107 cm³/mol. The van der Waals surface area contributed by atoms with Gasteiger partial charge in [-0.05, 0) is 36.6 Å². The van der Waals surface area contributed by atoms with Crippen molar-refractivity contribution in [1.29, 1.82) is 0 Å². The smallest absolute Gasteiger partial charge is 0.276 e. The lowest BCUT2D eigenvalue weighted by atomic mass is 10.0. The molecule has 0 bridgehead atoms. The van der Waals surface area contributed by atoms with Gasteiger partial charge in [-0.1, -0.05) is 66.4 Å². The zero-order valence-corrected chi connectivity index (χ0v) is 16.1. The third-order valence-electron chi connectivity index (χ3n) is 4.29. The summed E-state index contributed by atoms with van der Waals surface area (Å²) < 4.78 is 7.68. The Balaban J connectivity index is 1.46. The number of thioether (sulfide) groups is 1. The molecule has 0 fully saturated rings. The molecule has 0 amide bonds. The van der Waals surface area contributed by atoms with Gasteiger partial charge < -0.3 is 4.42 Å². The van der Waals surface area contributed by atoms with Gasteiger partial charge in [0, 0.05) is 11.4 Å². The zero-order chi connectivity index (χ0) is 18.6. The van der Waals surface area contributed by atoms with Crippen molar-refractivity contribution >= 4 is 11.8 Å². The monoisotopic (exact) mass is 376 g/mol. The van der Waals surface area contributed by atoms with Gasteiger partial charge in [-0.15, -0.1) is 10.2 Å². The highest BCUT2D eigenvalue weighted by Gasteiger charge is 2.11. The molecule has 4 rings (SSSR count). The van der Waals surface area contributed by atoms with Crippen LogP contribution in [-0.2, 0) is 12.3 Å². The molecule has 4 aromatic rings. The second kappa shape index (κ2) is 7.80. The first-order valence-electron chi connectivity index (χ1n) is 8.78. The quantitative estimate of drug-likeness (QED) is 0.448. The van der Waals surface area contributed by atoms with E-state index in [2.05, 4.69) is 63.8 Å². The van der Waals surface area contributed by atoms with Crippen molar-refractivity contribution in [2.75, 3.05) is 0 Å². The molecule has 0 N–H and O–H groups in total. The zero-order valence-electron chi connectivity index (χ0n) is 15.3. The van der Waals surface area contributed by atoms with Gasteiger partial charge in [-0.2, -0.15) is 5.10 Å². The molecule has 2 heterocycles. The Morgan fingerprint density at radius 1 is 0.963 bits per heavy atom. The summed E-state index contributed by atoms with van der Waals surface area (Å²) in [7, 11) is 0. The van der Waals surface area contributed by atoms with Crippen LogP contribution < -0.4 is 0 Å². The van der Waals surface area contributed by atoms with Gasteiger partial charge in [0.15, 0.2) is 0 Å². The maximum Gasteiger partial charge on any atom is 0.276 e. The SMILES string of the molecule is Cc1cc(C)n(Cc2nnc(SCc3ccccc3-c3ccccc3)o2)n1. The van der Waals surface area contributed by atoms with Crippen molar-refractivity contribution in [3.8, 4) is 11.1 Å². The molecule has 0 unspecified atom stereocenters. The Bertz CT molecular complexity index is 1040. The maximum atomic E-state index is 5.80. The number of nitrogens with zero attached hydrogens (tertiary/aromatic N) is 4. The highest BCUT2D eigenvalue weighted by Crippen LogP contribution is 2.29. The summed E-state index contributed by atoms with van der Waals surface area (Å²) >= 11 is 1.55. The van der Waals surface area contributed by atoms with Crippen LogP contribution in [0.4, 0.5) is 0 Å². The predicted octanol–water partition coefficient (Wildman–Crippen LogP) is 4.89. The molecule has 0 spiro atoms. The minimum atomic E-state index is 0.494. The lowest BCUT2D eigenvalue weighted by molar-refractivity contribution is 0.396. The molecule has 2 aromatic carbocycles. The number of aryl methyl sites for hydroxylation is 2. The number of hydrogen-bond acceptors (Lipinski definition) is 5. The van der Waals surface area contributed by atoms with Crippen LogP contribution in [0.5, 0.6) is 0 Å². The first-order valence-corrected chi connectivity index (χ1v) is 9.77. The molecule has 27 heavy (non-hydrogen) atoms. The van der Waals surface area contributed by atoms with Gasteiger partial charge in [0.25, 0.3) is 5.22 Å². The summed E-state index contributed by atoms with van der Waals surface area (Å²) in [5, 5.41) is 13.3. The van der Waals surface area contributed by atoms with Gasteiger partial charge in [-0.3, -0.25) is 4.68 Å². The fraction of sp³-hybridized carbons (Fsp3) is 0.190. The van der Waals surface area contributed by atoms with E-state index in [-0.39, 0.29) is 0 Å². The number of hydrogen-bond donors (Lipinski definition) is 0. The van der Waals surface area contributed by atoms with Crippen molar-refractivity contribution in [3.05, 3.63) is 83.5 Å². The van der Waals surface area contributed by atoms with E-state index in [0.29, 0.717) is 17.7 Å². The van der Waals surface area contributed by atoms with E-state index in [0.717, 1.165) is 17.1 Å². The summed E-state index contributed by atoms with van der Waals surface area (Å²) in [4.78, 5) is 0. The average molecular weight is 376 g/mol. The van der Waals surface area contributed by atoms with Crippen molar-refractivity contribution in [2.24, 2.45) is 0 Å². The fourth-order valence-corrected chi connectivity index (χ4v) is 3.79. The van der Waals surface area contributed by atoms with E-state index in [4.69, 9.17) is 4.42 Å². The van der Waals surface area contributed by atoms with Crippen LogP contribution in [0.1, 0.15) is 22.8 Å². The molecular weight excluding hydrogens is 356 g/mol. The highest BCUT2D eigenvalue weighted by molar-refractivity contribution is 7.98. The average Bonchev–Trinajstić information content (AvgIpc) is 3.27. The third-order valence-corrected chi connectivity index (χ3v) is 5.16. The summed E-state index contributed by atoms with van der Waals surface area (Å²) in [5.74, 6) is 1.34. The van der Waals surface area contributed by atoms with Gasteiger partial charge >= 0.3 is 0 Å². The maximum absolute atomic E-state index is 5.80. The molecule has 5 nitrogen and oxygen atoms in total. The van der Waals surface area contributed by atoms with Crippen molar-refractivity contribution in [3.63, 3.8) is 0 Å². The van der Waals surface area contributed by atoms with Crippen LogP contribution in [-0.4, -0.2) is 20.0 Å². The van der Waals surface area contributed by atoms with Gasteiger partial charge in [0.1, 0.15) is 6.54 Å². The molecule has 2 aromatic heterocycles. The van der Waals surface area contributed by atoms with Crippen molar-refractivity contribution in [2.45, 2.75) is 31.4 Å². The summed E-state index contributed by atoms with van der Waals surface area (Å²) in [6.07, 6.45) is 0. The second-order valence-corrected chi connectivity index (χ2v) is 7.28. The van der Waals surface area contributed by atoms with Gasteiger partial charge in [0.05, 0.1) is 5.69 Å². The van der Waals surface area contributed by atoms with Crippen LogP contribution in [0.25, 0.3) is 11.1 Å². The summed E-state index contributed by atoms with van der Waals surface area (Å²) in [6.45, 7) is 4.49. The van der Waals surface area contributed by atoms with Gasteiger partial charge in [-0.25, -0.2) is 0 Å². The topological polar surface area (TPSA) is 56.7 Å². The van der Waals surface area contributed by atoms with Gasteiger partial charge in [0.2, 0.25) is 5.89 Å². The second-order valence-electron chi connectivity index (χ2n) is 6.36. The van der Waals surface area contributed by atoms with E-state index in [1.807, 2.05) is 30.7 Å².